The third-order valence-corrected chi connectivity index (χ3v) is 9.21. The van der Waals surface area contributed by atoms with Crippen LogP contribution in [-0.2, 0) is 25.6 Å². The monoisotopic (exact) mass is 702 g/mol. The molecule has 5 amide bonds. The molecule has 2 bridgehead atoms. The standard InChI is InChI=1S/C37H46N6O8/c1-22(2)13-14-42-19-32(45)38-29(15-25-9-6-5-7-10-25)35(47)40-30-18-43(37(49)34-23(3)41-51-24(34)4)17-28(30)26-11-8-12-27(16-26)50-21-33(46)39-31(20-44)36(42)48/h5-12,16,22,28-31,44H,13-15,17-21H2,1-4H3,(H,38,45)(H,39,46)(H,40,47)/t28-,29-,30+,31-/m0/s1. The summed E-state index contributed by atoms with van der Waals surface area (Å²) in [5.74, 6) is -2.02. The summed E-state index contributed by atoms with van der Waals surface area (Å²) in [6, 6.07) is 13.4. The second kappa shape index (κ2) is 16.6. The van der Waals surface area contributed by atoms with Crippen LogP contribution in [0.25, 0.3) is 0 Å². The fourth-order valence-electron chi connectivity index (χ4n) is 6.46. The molecule has 1 fully saturated rings. The van der Waals surface area contributed by atoms with Crippen LogP contribution in [0.2, 0.25) is 0 Å². The predicted octanol–water partition coefficient (Wildman–Crippen LogP) is 1.49. The molecule has 3 heterocycles. The van der Waals surface area contributed by atoms with Gasteiger partial charge in [-0.1, -0.05) is 61.5 Å². The van der Waals surface area contributed by atoms with Crippen LogP contribution in [0.3, 0.4) is 0 Å². The number of aromatic nitrogens is 1. The van der Waals surface area contributed by atoms with Crippen molar-refractivity contribution >= 4 is 29.5 Å². The Morgan fingerprint density at radius 2 is 1.71 bits per heavy atom. The van der Waals surface area contributed by atoms with E-state index in [4.69, 9.17) is 9.26 Å². The molecule has 0 saturated carbocycles. The van der Waals surface area contributed by atoms with Crippen molar-refractivity contribution in [3.8, 4) is 5.75 Å². The molecule has 2 aliphatic heterocycles. The van der Waals surface area contributed by atoms with E-state index in [0.29, 0.717) is 29.2 Å². The highest BCUT2D eigenvalue weighted by Gasteiger charge is 2.40. The number of benzene rings is 2. The number of carbonyl (C=O) groups is 5. The van der Waals surface area contributed by atoms with E-state index in [1.54, 1.807) is 36.9 Å². The van der Waals surface area contributed by atoms with Crippen LogP contribution in [0.5, 0.6) is 5.75 Å². The molecular weight excluding hydrogens is 656 g/mol. The van der Waals surface area contributed by atoms with Gasteiger partial charge in [0.2, 0.25) is 17.7 Å². The predicted molar refractivity (Wildman–Crippen MR) is 186 cm³/mol. The molecule has 14 nitrogen and oxygen atoms in total. The van der Waals surface area contributed by atoms with Gasteiger partial charge in [0.1, 0.15) is 29.2 Å². The van der Waals surface area contributed by atoms with E-state index in [1.807, 2.05) is 50.2 Å². The summed E-state index contributed by atoms with van der Waals surface area (Å²) in [4.78, 5) is 71.1. The zero-order valence-corrected chi connectivity index (χ0v) is 29.4. The average molecular weight is 703 g/mol. The Bertz CT molecular complexity index is 1710. The van der Waals surface area contributed by atoms with Crippen molar-refractivity contribution in [3.05, 3.63) is 82.7 Å². The molecule has 3 aromatic rings. The maximum Gasteiger partial charge on any atom is 0.259 e. The summed E-state index contributed by atoms with van der Waals surface area (Å²) in [6.45, 7) is 6.39. The number of amides is 5. The Kier molecular flexibility index (Phi) is 12.1. The molecule has 4 atom stereocenters. The summed E-state index contributed by atoms with van der Waals surface area (Å²) >= 11 is 0. The molecule has 2 aliphatic rings. The molecule has 1 aromatic heterocycles. The molecule has 0 unspecified atom stereocenters. The average Bonchev–Trinajstić information content (AvgIpc) is 3.69. The number of aliphatic hydroxyl groups is 1. The van der Waals surface area contributed by atoms with E-state index in [9.17, 15) is 29.1 Å². The minimum atomic E-state index is -1.31. The Labute approximate surface area is 296 Å². The quantitative estimate of drug-likeness (QED) is 0.283. The molecule has 2 aromatic carbocycles. The number of nitrogens with zero attached hydrogens (tertiary/aromatic N) is 3. The van der Waals surface area contributed by atoms with Gasteiger partial charge in [0.15, 0.2) is 6.61 Å². The van der Waals surface area contributed by atoms with Gasteiger partial charge in [-0.2, -0.15) is 0 Å². The first-order chi connectivity index (χ1) is 24.4. The highest BCUT2D eigenvalue weighted by molar-refractivity contribution is 5.97. The molecule has 0 radical (unpaired) electrons. The Morgan fingerprint density at radius 3 is 2.39 bits per heavy atom. The van der Waals surface area contributed by atoms with E-state index in [0.717, 1.165) is 11.1 Å². The summed E-state index contributed by atoms with van der Waals surface area (Å²) in [7, 11) is 0. The van der Waals surface area contributed by atoms with E-state index < -0.39 is 61.5 Å². The van der Waals surface area contributed by atoms with Crippen molar-refractivity contribution in [2.75, 3.05) is 39.4 Å². The molecular formula is C37H46N6O8. The van der Waals surface area contributed by atoms with Crippen molar-refractivity contribution in [3.63, 3.8) is 0 Å². The van der Waals surface area contributed by atoms with E-state index >= 15 is 0 Å². The highest BCUT2D eigenvalue weighted by atomic mass is 16.5. The van der Waals surface area contributed by atoms with Gasteiger partial charge in [-0.05, 0) is 49.4 Å². The van der Waals surface area contributed by atoms with E-state index in [-0.39, 0.29) is 43.8 Å². The lowest BCUT2D eigenvalue weighted by Crippen LogP contribution is -2.56. The molecule has 0 aliphatic carbocycles. The Hall–Kier alpha value is -5.24. The number of rotatable bonds is 7. The summed E-state index contributed by atoms with van der Waals surface area (Å²) < 4.78 is 11.1. The van der Waals surface area contributed by atoms with Gasteiger partial charge >= 0.3 is 0 Å². The van der Waals surface area contributed by atoms with Gasteiger partial charge in [-0.15, -0.1) is 0 Å². The maximum atomic E-state index is 14.2. The summed E-state index contributed by atoms with van der Waals surface area (Å²) in [5.41, 5.74) is 2.38. The number of fused-ring (bicyclic) bond motifs is 4. The third kappa shape index (κ3) is 9.31. The largest absolute Gasteiger partial charge is 0.484 e. The van der Waals surface area contributed by atoms with Crippen molar-refractivity contribution in [2.45, 2.75) is 64.6 Å². The lowest BCUT2D eigenvalue weighted by atomic mass is 9.93. The van der Waals surface area contributed by atoms with Crippen LogP contribution in [0.4, 0.5) is 0 Å². The number of carbonyl (C=O) groups excluding carboxylic acids is 5. The SMILES string of the molecule is Cc1noc(C)c1C(=O)N1C[C@H]2NC(=O)[C@H](Cc3ccccc3)NC(=O)CN(CCC(C)C)C(=O)[C@H](CO)NC(=O)COc3cccc(c3)[C@@H]2C1. The fraction of sp³-hybridized carbons (Fsp3) is 0.459. The Morgan fingerprint density at radius 1 is 0.961 bits per heavy atom. The number of hydrogen-bond acceptors (Lipinski definition) is 9. The lowest BCUT2D eigenvalue weighted by Gasteiger charge is -2.29. The first kappa shape index (κ1) is 37.0. The number of aliphatic hydroxyl groups excluding tert-OH is 1. The summed E-state index contributed by atoms with van der Waals surface area (Å²) in [6.07, 6.45) is 0.723. The van der Waals surface area contributed by atoms with Crippen LogP contribution in [-0.4, -0.2) is 107 Å². The molecule has 1 saturated heterocycles. The molecule has 51 heavy (non-hydrogen) atoms. The normalized spacial score (nSPS) is 22.0. The lowest BCUT2D eigenvalue weighted by molar-refractivity contribution is -0.141. The minimum Gasteiger partial charge on any atom is -0.484 e. The van der Waals surface area contributed by atoms with Crippen LogP contribution in [0, 0.1) is 19.8 Å². The van der Waals surface area contributed by atoms with Crippen molar-refractivity contribution in [1.82, 2.24) is 30.9 Å². The zero-order valence-electron chi connectivity index (χ0n) is 29.4. The topological polar surface area (TPSA) is 183 Å². The highest BCUT2D eigenvalue weighted by Crippen LogP contribution is 2.32. The second-order valence-corrected chi connectivity index (χ2v) is 13.5. The summed E-state index contributed by atoms with van der Waals surface area (Å²) in [5, 5.41) is 22.5. The number of hydrogen-bond donors (Lipinski definition) is 4. The molecule has 5 rings (SSSR count). The van der Waals surface area contributed by atoms with Crippen LogP contribution >= 0.6 is 0 Å². The van der Waals surface area contributed by atoms with Gasteiger partial charge in [0.25, 0.3) is 11.8 Å². The molecule has 4 N–H and O–H groups in total. The molecule has 272 valence electrons. The van der Waals surface area contributed by atoms with Gasteiger partial charge in [0, 0.05) is 32.0 Å². The maximum absolute atomic E-state index is 14.2. The Balaban J connectivity index is 1.51. The van der Waals surface area contributed by atoms with E-state index in [1.165, 1.54) is 4.90 Å². The zero-order chi connectivity index (χ0) is 36.7. The molecule has 14 heteroatoms. The van der Waals surface area contributed by atoms with E-state index in [2.05, 4.69) is 21.1 Å². The molecule has 0 spiro atoms. The third-order valence-electron chi connectivity index (χ3n) is 9.21. The van der Waals surface area contributed by atoms with Crippen molar-refractivity contribution in [1.29, 1.82) is 0 Å². The van der Waals surface area contributed by atoms with Crippen molar-refractivity contribution < 1.29 is 38.3 Å². The van der Waals surface area contributed by atoms with Crippen LogP contribution < -0.4 is 20.7 Å². The van der Waals surface area contributed by atoms with Crippen molar-refractivity contribution in [2.24, 2.45) is 5.92 Å². The van der Waals surface area contributed by atoms with Gasteiger partial charge in [-0.3, -0.25) is 24.0 Å². The number of nitrogens with one attached hydrogen (secondary N) is 3. The number of likely N-dealkylation sites (tertiary alicyclic amines) is 1. The first-order valence-corrected chi connectivity index (χ1v) is 17.2. The van der Waals surface area contributed by atoms with Gasteiger partial charge in [-0.25, -0.2) is 0 Å². The first-order valence-electron chi connectivity index (χ1n) is 17.2. The van der Waals surface area contributed by atoms with Gasteiger partial charge in [0.05, 0.1) is 24.9 Å². The number of ether oxygens (including phenoxy) is 1. The smallest absolute Gasteiger partial charge is 0.259 e. The fourth-order valence-corrected chi connectivity index (χ4v) is 6.46. The van der Waals surface area contributed by atoms with Crippen LogP contribution in [0.15, 0.2) is 59.1 Å². The van der Waals surface area contributed by atoms with Gasteiger partial charge < -0.3 is 40.1 Å². The minimum absolute atomic E-state index is 0.163. The number of aryl methyl sites for hydroxylation is 2. The second-order valence-electron chi connectivity index (χ2n) is 13.5. The van der Waals surface area contributed by atoms with Crippen LogP contribution in [0.1, 0.15) is 59.1 Å².